The molecule has 0 amide bonds. The van der Waals surface area contributed by atoms with Gasteiger partial charge in [-0.15, -0.1) is 0 Å². The summed E-state index contributed by atoms with van der Waals surface area (Å²) in [6, 6.07) is 7.53. The summed E-state index contributed by atoms with van der Waals surface area (Å²) in [5.41, 5.74) is 2.84. The molecule has 1 N–H and O–H groups in total. The number of hydrogen-bond donors (Lipinski definition) is 1. The van der Waals surface area contributed by atoms with Crippen molar-refractivity contribution < 1.29 is 47.9 Å². The van der Waals surface area contributed by atoms with Crippen molar-refractivity contribution >= 4 is 29.5 Å². The van der Waals surface area contributed by atoms with Crippen molar-refractivity contribution in [3.63, 3.8) is 0 Å². The van der Waals surface area contributed by atoms with Crippen LogP contribution in [0.15, 0.2) is 70.8 Å². The molecule has 10 nitrogen and oxygen atoms in total. The Morgan fingerprint density at radius 2 is 1.91 bits per heavy atom. The molecular weight excluding hydrogens is 628 g/mol. The van der Waals surface area contributed by atoms with Gasteiger partial charge in [-0.2, -0.15) is 0 Å². The molecule has 2 bridgehead atoms. The molecule has 2 aliphatic heterocycles. The van der Waals surface area contributed by atoms with Gasteiger partial charge in [0.1, 0.15) is 36.8 Å². The molecule has 11 heteroatoms. The first-order chi connectivity index (χ1) is 22.3. The number of aliphatic hydroxyl groups excluding tert-OH is 1. The Hall–Kier alpha value is -3.44. The highest BCUT2D eigenvalue weighted by Gasteiger charge is 2.41. The van der Waals surface area contributed by atoms with E-state index in [0.29, 0.717) is 54.0 Å². The maximum Gasteiger partial charge on any atom is 0.310 e. The minimum absolute atomic E-state index is 0.0100. The molecule has 0 spiro atoms. The van der Waals surface area contributed by atoms with Crippen molar-refractivity contribution in [3.05, 3.63) is 76.4 Å². The van der Waals surface area contributed by atoms with Crippen molar-refractivity contribution in [1.82, 2.24) is 0 Å². The lowest BCUT2D eigenvalue weighted by atomic mass is 10.0. The predicted octanol–water partition coefficient (Wildman–Crippen LogP) is 6.04. The lowest BCUT2D eigenvalue weighted by molar-refractivity contribution is -0.159. The third-order valence-electron chi connectivity index (χ3n) is 8.01. The van der Waals surface area contributed by atoms with E-state index < -0.39 is 42.3 Å². The van der Waals surface area contributed by atoms with E-state index in [1.165, 1.54) is 13.0 Å². The molecule has 0 radical (unpaired) electrons. The highest BCUT2D eigenvalue weighted by molar-refractivity contribution is 6.29. The van der Waals surface area contributed by atoms with Crippen LogP contribution in [0.1, 0.15) is 71.8 Å². The first-order valence-electron chi connectivity index (χ1n) is 15.8. The van der Waals surface area contributed by atoms with E-state index in [0.717, 1.165) is 11.3 Å². The maximum absolute atomic E-state index is 13.0. The van der Waals surface area contributed by atoms with Crippen LogP contribution in [0.25, 0.3) is 0 Å². The second kappa shape index (κ2) is 18.8. The molecule has 2 heterocycles. The molecular formula is C36H47ClO10. The lowest BCUT2D eigenvalue weighted by Crippen LogP contribution is -2.37. The fourth-order valence-electron chi connectivity index (χ4n) is 5.20. The first-order valence-corrected chi connectivity index (χ1v) is 16.2. The van der Waals surface area contributed by atoms with Crippen LogP contribution < -0.4 is 4.74 Å². The number of methoxy groups -OCH3 is 1. The van der Waals surface area contributed by atoms with Crippen molar-refractivity contribution in [2.45, 2.75) is 109 Å². The molecule has 3 rings (SSSR count). The SMILES string of the molecule is C=C(COC(=O)C/C(C)=C/[C@@H](O)[C@H]1O[C@@H]2CC/C(Cl)=C/C/C=C(/C)[C@H](OC(C)=O)CC(=O)O[C@@H]1C2)C(C)OCc1ccc(OC)cc1. The summed E-state index contributed by atoms with van der Waals surface area (Å²) in [7, 11) is 1.61. The Kier molecular flexibility index (Phi) is 15.2. The number of hydrogen-bond acceptors (Lipinski definition) is 10. The van der Waals surface area contributed by atoms with Crippen LogP contribution in [0.5, 0.6) is 5.75 Å². The van der Waals surface area contributed by atoms with Crippen LogP contribution in [0.2, 0.25) is 0 Å². The average molecular weight is 675 g/mol. The maximum atomic E-state index is 13.0. The highest BCUT2D eigenvalue weighted by atomic mass is 35.5. The van der Waals surface area contributed by atoms with E-state index in [-0.39, 0.29) is 31.7 Å². The molecule has 6 atom stereocenters. The van der Waals surface area contributed by atoms with E-state index in [9.17, 15) is 19.5 Å². The summed E-state index contributed by atoms with van der Waals surface area (Å²) >= 11 is 6.43. The highest BCUT2D eigenvalue weighted by Crippen LogP contribution is 2.32. The largest absolute Gasteiger partial charge is 0.497 e. The van der Waals surface area contributed by atoms with Gasteiger partial charge in [0, 0.05) is 18.4 Å². The minimum Gasteiger partial charge on any atom is -0.497 e. The number of esters is 3. The predicted molar refractivity (Wildman–Crippen MR) is 177 cm³/mol. The number of allylic oxidation sites excluding steroid dienone is 3. The number of aliphatic hydroxyl groups is 1. The van der Waals surface area contributed by atoms with Crippen molar-refractivity contribution in [1.29, 1.82) is 0 Å². The number of halogens is 1. The average Bonchev–Trinajstić information content (AvgIpc) is 3.42. The van der Waals surface area contributed by atoms with Gasteiger partial charge in [-0.05, 0) is 68.9 Å². The van der Waals surface area contributed by atoms with E-state index in [4.69, 9.17) is 40.0 Å². The number of carbonyl (C=O) groups is 3. The Morgan fingerprint density at radius 3 is 2.60 bits per heavy atom. The molecule has 1 aromatic carbocycles. The monoisotopic (exact) mass is 674 g/mol. The van der Waals surface area contributed by atoms with E-state index in [1.807, 2.05) is 43.3 Å². The third kappa shape index (κ3) is 12.9. The molecule has 0 aliphatic carbocycles. The fourth-order valence-corrected chi connectivity index (χ4v) is 5.40. The first kappa shape index (κ1) is 38.0. The van der Waals surface area contributed by atoms with Crippen LogP contribution >= 0.6 is 11.6 Å². The third-order valence-corrected chi connectivity index (χ3v) is 8.36. The van der Waals surface area contributed by atoms with Crippen molar-refractivity contribution in [3.8, 4) is 5.75 Å². The van der Waals surface area contributed by atoms with E-state index in [2.05, 4.69) is 6.58 Å². The smallest absolute Gasteiger partial charge is 0.310 e. The van der Waals surface area contributed by atoms with Crippen LogP contribution in [0, 0.1) is 0 Å². The van der Waals surface area contributed by atoms with Gasteiger partial charge in [-0.3, -0.25) is 14.4 Å². The number of rotatable bonds is 12. The van der Waals surface area contributed by atoms with Gasteiger partial charge in [-0.25, -0.2) is 0 Å². The Bertz CT molecular complexity index is 1330. The van der Waals surface area contributed by atoms with Gasteiger partial charge < -0.3 is 33.5 Å². The van der Waals surface area contributed by atoms with Crippen LogP contribution in [0.4, 0.5) is 0 Å². The molecule has 1 aromatic rings. The Morgan fingerprint density at radius 1 is 1.19 bits per heavy atom. The summed E-state index contributed by atoms with van der Waals surface area (Å²) < 4.78 is 33.7. The molecule has 0 saturated carbocycles. The van der Waals surface area contributed by atoms with Gasteiger partial charge in [0.15, 0.2) is 0 Å². The normalized spacial score (nSPS) is 25.9. The zero-order chi connectivity index (χ0) is 34.5. The van der Waals surface area contributed by atoms with E-state index >= 15 is 0 Å². The molecule has 47 heavy (non-hydrogen) atoms. The van der Waals surface area contributed by atoms with Gasteiger partial charge in [-0.1, -0.05) is 54.1 Å². The standard InChI is InChI=1S/C36H47ClO10/c1-22(17-34(40)44-20-24(3)25(4)43-21-27-10-13-29(42-6)14-11-27)16-31(39)36-33-18-30(46-36)15-12-28(37)9-7-8-23(2)32(45-26(5)38)19-35(41)47-33/h8-11,13-14,16,25,30-33,36,39H,3,7,12,15,17-21H2,1-2,4-6H3/b22-16+,23-8-,28-9-/t25?,30-,31-,32-,33-,36-/m1/s1. The number of carbonyl (C=O) groups excluding carboxylic acids is 3. The molecule has 1 unspecified atom stereocenters. The van der Waals surface area contributed by atoms with E-state index in [1.54, 1.807) is 21.0 Å². The van der Waals surface area contributed by atoms with Gasteiger partial charge in [0.2, 0.25) is 0 Å². The number of fused-ring (bicyclic) bond motifs is 2. The molecule has 258 valence electrons. The second-order valence-corrected chi connectivity index (χ2v) is 12.4. The van der Waals surface area contributed by atoms with Crippen LogP contribution in [-0.2, 0) is 44.7 Å². The second-order valence-electron chi connectivity index (χ2n) is 12.0. The Balaban J connectivity index is 1.56. The van der Waals surface area contributed by atoms with Crippen molar-refractivity contribution in [2.75, 3.05) is 13.7 Å². The molecule has 1 fully saturated rings. The van der Waals surface area contributed by atoms with Crippen LogP contribution in [-0.4, -0.2) is 73.4 Å². The zero-order valence-electron chi connectivity index (χ0n) is 27.9. The summed E-state index contributed by atoms with van der Waals surface area (Å²) in [4.78, 5) is 37.3. The summed E-state index contributed by atoms with van der Waals surface area (Å²) in [5.74, 6) is -0.821. The van der Waals surface area contributed by atoms with Gasteiger partial charge in [0.25, 0.3) is 0 Å². The van der Waals surface area contributed by atoms with Gasteiger partial charge >= 0.3 is 17.9 Å². The molecule has 2 aliphatic rings. The molecule has 0 aromatic heterocycles. The number of benzene rings is 1. The number of ether oxygens (including phenoxy) is 6. The fraction of sp³-hybridized carbons (Fsp3) is 0.528. The lowest BCUT2D eigenvalue weighted by Gasteiger charge is -2.24. The van der Waals surface area contributed by atoms with Crippen LogP contribution in [0.3, 0.4) is 0 Å². The zero-order valence-corrected chi connectivity index (χ0v) is 28.6. The minimum atomic E-state index is -1.17. The molecule has 1 saturated heterocycles. The van der Waals surface area contributed by atoms with Gasteiger partial charge in [0.05, 0.1) is 38.8 Å². The summed E-state index contributed by atoms with van der Waals surface area (Å²) in [5, 5.41) is 11.8. The quantitative estimate of drug-likeness (QED) is 0.159. The summed E-state index contributed by atoms with van der Waals surface area (Å²) in [6.07, 6.45) is 2.77. The van der Waals surface area contributed by atoms with Crippen molar-refractivity contribution in [2.24, 2.45) is 0 Å². The topological polar surface area (TPSA) is 127 Å². The summed E-state index contributed by atoms with van der Waals surface area (Å²) in [6.45, 7) is 10.9. The Labute approximate surface area is 282 Å².